The van der Waals surface area contributed by atoms with Crippen molar-refractivity contribution < 1.29 is 9.53 Å². The zero-order valence-corrected chi connectivity index (χ0v) is 14.0. The maximum absolute atomic E-state index is 12.5. The van der Waals surface area contributed by atoms with Gasteiger partial charge in [-0.25, -0.2) is 0 Å². The quantitative estimate of drug-likeness (QED) is 0.857. The molecule has 1 fully saturated rings. The number of methoxy groups -OCH3 is 1. The summed E-state index contributed by atoms with van der Waals surface area (Å²) in [6, 6.07) is 3.18. The van der Waals surface area contributed by atoms with Crippen LogP contribution >= 0.6 is 24.0 Å². The number of ether oxygens (including phenoxy) is 1. The van der Waals surface area contributed by atoms with Crippen LogP contribution in [0, 0.1) is 5.92 Å². The van der Waals surface area contributed by atoms with E-state index in [1.165, 1.54) is 32.8 Å². The zero-order chi connectivity index (χ0) is 14.7. The fourth-order valence-electron chi connectivity index (χ4n) is 2.77. The van der Waals surface area contributed by atoms with Gasteiger partial charge in [0.05, 0.1) is 23.4 Å². The fraction of sp³-hybridized carbons (Fsp3) is 0.533. The van der Waals surface area contributed by atoms with Crippen LogP contribution < -0.4 is 10.5 Å². The van der Waals surface area contributed by atoms with Crippen LogP contribution in [-0.4, -0.2) is 31.5 Å². The Bertz CT molecular complexity index is 503. The summed E-state index contributed by atoms with van der Waals surface area (Å²) >= 11 is 6.01. The highest BCUT2D eigenvalue weighted by Gasteiger charge is 2.23. The molecule has 0 aliphatic heterocycles. The first-order valence-electron chi connectivity index (χ1n) is 6.91. The highest BCUT2D eigenvalue weighted by Crippen LogP contribution is 2.30. The lowest BCUT2D eigenvalue weighted by molar-refractivity contribution is 0.0770. The lowest BCUT2D eigenvalue weighted by atomic mass is 10.1. The van der Waals surface area contributed by atoms with E-state index in [0.29, 0.717) is 27.9 Å². The van der Waals surface area contributed by atoms with Gasteiger partial charge in [-0.1, -0.05) is 24.4 Å². The standard InChI is InChI=1S/C15H21ClN2O2.ClH/c1-18(9-10-5-3-4-6-10)15(19)11-7-12(16)13(17)8-14(11)20-2;/h7-8,10H,3-6,9,17H2,1-2H3;1H. The average Bonchev–Trinajstić information content (AvgIpc) is 2.93. The Kier molecular flexibility index (Phi) is 6.62. The van der Waals surface area contributed by atoms with E-state index in [2.05, 4.69) is 0 Å². The maximum Gasteiger partial charge on any atom is 0.257 e. The summed E-state index contributed by atoms with van der Waals surface area (Å²) in [6.45, 7) is 0.782. The molecular weight excluding hydrogens is 311 g/mol. The monoisotopic (exact) mass is 332 g/mol. The third-order valence-electron chi connectivity index (χ3n) is 3.90. The second-order valence-electron chi connectivity index (χ2n) is 5.41. The number of halogens is 2. The Morgan fingerprint density at radius 1 is 1.43 bits per heavy atom. The minimum Gasteiger partial charge on any atom is -0.496 e. The van der Waals surface area contributed by atoms with Gasteiger partial charge in [-0.15, -0.1) is 12.4 Å². The lowest BCUT2D eigenvalue weighted by Gasteiger charge is -2.22. The zero-order valence-electron chi connectivity index (χ0n) is 12.4. The molecule has 0 bridgehead atoms. The van der Waals surface area contributed by atoms with Gasteiger partial charge in [0.15, 0.2) is 0 Å². The van der Waals surface area contributed by atoms with Gasteiger partial charge in [-0.3, -0.25) is 4.79 Å². The number of nitrogens with zero attached hydrogens (tertiary/aromatic N) is 1. The van der Waals surface area contributed by atoms with E-state index in [1.54, 1.807) is 17.0 Å². The van der Waals surface area contributed by atoms with Crippen LogP contribution in [0.3, 0.4) is 0 Å². The number of rotatable bonds is 4. The summed E-state index contributed by atoms with van der Waals surface area (Å²) in [6.07, 6.45) is 4.95. The van der Waals surface area contributed by atoms with Crippen molar-refractivity contribution in [1.29, 1.82) is 0 Å². The lowest BCUT2D eigenvalue weighted by Crippen LogP contribution is -2.31. The molecule has 0 radical (unpaired) electrons. The Morgan fingerprint density at radius 2 is 2.05 bits per heavy atom. The molecule has 0 heterocycles. The molecule has 1 aromatic carbocycles. The SMILES string of the molecule is COc1cc(N)c(Cl)cc1C(=O)N(C)CC1CCCC1.Cl. The van der Waals surface area contributed by atoms with E-state index in [-0.39, 0.29) is 18.3 Å². The molecule has 2 N–H and O–H groups in total. The van der Waals surface area contributed by atoms with E-state index in [1.807, 2.05) is 7.05 Å². The van der Waals surface area contributed by atoms with Crippen molar-refractivity contribution in [1.82, 2.24) is 4.90 Å². The van der Waals surface area contributed by atoms with Gasteiger partial charge in [0.1, 0.15) is 5.75 Å². The molecule has 0 unspecified atom stereocenters. The third-order valence-corrected chi connectivity index (χ3v) is 4.23. The number of benzene rings is 1. The minimum atomic E-state index is -0.0735. The Hall–Kier alpha value is -1.13. The van der Waals surface area contributed by atoms with E-state index in [0.717, 1.165) is 6.54 Å². The van der Waals surface area contributed by atoms with Gasteiger partial charge < -0.3 is 15.4 Å². The normalized spacial score (nSPS) is 14.6. The van der Waals surface area contributed by atoms with Crippen molar-refractivity contribution in [3.63, 3.8) is 0 Å². The predicted octanol–water partition coefficient (Wildman–Crippen LogP) is 3.61. The molecule has 4 nitrogen and oxygen atoms in total. The van der Waals surface area contributed by atoms with Crippen LogP contribution in [0.4, 0.5) is 5.69 Å². The number of nitrogen functional groups attached to an aromatic ring is 1. The van der Waals surface area contributed by atoms with Crippen LogP contribution in [0.1, 0.15) is 36.0 Å². The highest BCUT2D eigenvalue weighted by molar-refractivity contribution is 6.33. The highest BCUT2D eigenvalue weighted by atomic mass is 35.5. The number of carbonyl (C=O) groups excluding carboxylic acids is 1. The van der Waals surface area contributed by atoms with E-state index < -0.39 is 0 Å². The second-order valence-corrected chi connectivity index (χ2v) is 5.82. The largest absolute Gasteiger partial charge is 0.496 e. The van der Waals surface area contributed by atoms with E-state index >= 15 is 0 Å². The van der Waals surface area contributed by atoms with Gasteiger partial charge in [-0.05, 0) is 24.8 Å². The topological polar surface area (TPSA) is 55.6 Å². The molecule has 1 aromatic rings. The number of hydrogen-bond acceptors (Lipinski definition) is 3. The summed E-state index contributed by atoms with van der Waals surface area (Å²) in [4.78, 5) is 14.3. The van der Waals surface area contributed by atoms with Crippen LogP contribution in [0.25, 0.3) is 0 Å². The first-order chi connectivity index (χ1) is 9.52. The number of hydrogen-bond donors (Lipinski definition) is 1. The number of nitrogens with two attached hydrogens (primary N) is 1. The first kappa shape index (κ1) is 17.9. The maximum atomic E-state index is 12.5. The molecule has 0 aromatic heterocycles. The Morgan fingerprint density at radius 3 is 2.62 bits per heavy atom. The number of anilines is 1. The van der Waals surface area contributed by atoms with Crippen LogP contribution in [-0.2, 0) is 0 Å². The van der Waals surface area contributed by atoms with Gasteiger partial charge >= 0.3 is 0 Å². The van der Waals surface area contributed by atoms with Gasteiger partial charge in [0.25, 0.3) is 5.91 Å². The molecule has 1 aliphatic rings. The first-order valence-corrected chi connectivity index (χ1v) is 7.29. The summed E-state index contributed by atoms with van der Waals surface area (Å²) in [7, 11) is 3.35. The Balaban J connectivity index is 0.00000220. The summed E-state index contributed by atoms with van der Waals surface area (Å²) in [5, 5.41) is 0.378. The van der Waals surface area contributed by atoms with E-state index in [9.17, 15) is 4.79 Å². The van der Waals surface area contributed by atoms with Crippen LogP contribution in [0.5, 0.6) is 5.75 Å². The molecule has 1 aliphatic carbocycles. The summed E-state index contributed by atoms with van der Waals surface area (Å²) in [5.41, 5.74) is 6.62. The van der Waals surface area contributed by atoms with Gasteiger partial charge in [0, 0.05) is 19.7 Å². The smallest absolute Gasteiger partial charge is 0.257 e. The third kappa shape index (κ3) is 4.17. The molecule has 118 valence electrons. The molecule has 1 amide bonds. The summed E-state index contributed by atoms with van der Waals surface area (Å²) in [5.74, 6) is 1.00. The van der Waals surface area contributed by atoms with Crippen molar-refractivity contribution in [3.8, 4) is 5.75 Å². The Labute approximate surface area is 137 Å². The molecule has 1 saturated carbocycles. The van der Waals surface area contributed by atoms with Crippen molar-refractivity contribution in [2.45, 2.75) is 25.7 Å². The predicted molar refractivity (Wildman–Crippen MR) is 88.6 cm³/mol. The van der Waals surface area contributed by atoms with Crippen molar-refractivity contribution in [2.24, 2.45) is 5.92 Å². The van der Waals surface area contributed by atoms with Crippen LogP contribution in [0.2, 0.25) is 5.02 Å². The van der Waals surface area contributed by atoms with Gasteiger partial charge in [0.2, 0.25) is 0 Å². The fourth-order valence-corrected chi connectivity index (χ4v) is 2.94. The molecular formula is C15H22Cl2N2O2. The van der Waals surface area contributed by atoms with Crippen molar-refractivity contribution in [2.75, 3.05) is 26.4 Å². The van der Waals surface area contributed by atoms with Crippen molar-refractivity contribution in [3.05, 3.63) is 22.7 Å². The van der Waals surface area contributed by atoms with E-state index in [4.69, 9.17) is 22.1 Å². The average molecular weight is 333 g/mol. The second kappa shape index (κ2) is 7.76. The molecule has 21 heavy (non-hydrogen) atoms. The van der Waals surface area contributed by atoms with Gasteiger partial charge in [-0.2, -0.15) is 0 Å². The molecule has 0 atom stereocenters. The molecule has 0 saturated heterocycles. The molecule has 6 heteroatoms. The molecule has 0 spiro atoms. The van der Waals surface area contributed by atoms with Crippen LogP contribution in [0.15, 0.2) is 12.1 Å². The summed E-state index contributed by atoms with van der Waals surface area (Å²) < 4.78 is 5.24. The molecule has 2 rings (SSSR count). The van der Waals surface area contributed by atoms with Crippen molar-refractivity contribution >= 4 is 35.6 Å². The number of carbonyl (C=O) groups is 1. The number of amides is 1. The minimum absolute atomic E-state index is 0.